The van der Waals surface area contributed by atoms with E-state index in [1.807, 2.05) is 11.3 Å². The number of nitrogens with one attached hydrogen (secondary N) is 1. The predicted molar refractivity (Wildman–Crippen MR) is 91.3 cm³/mol. The van der Waals surface area contributed by atoms with Gasteiger partial charge in [-0.15, -0.1) is 11.3 Å². The summed E-state index contributed by atoms with van der Waals surface area (Å²) >= 11 is 1.95. The molecular weight excluding hydrogens is 278 g/mol. The number of aromatic nitrogens is 1. The minimum Gasteiger partial charge on any atom is -0.348 e. The molecule has 118 valence electrons. The lowest BCUT2D eigenvalue weighted by Crippen LogP contribution is -2.40. The van der Waals surface area contributed by atoms with Crippen molar-refractivity contribution in [2.24, 2.45) is 5.41 Å². The third kappa shape index (κ3) is 3.42. The summed E-state index contributed by atoms with van der Waals surface area (Å²) in [6.07, 6.45) is 7.63. The highest BCUT2D eigenvalue weighted by atomic mass is 32.1. The van der Waals surface area contributed by atoms with Crippen LogP contribution >= 0.6 is 11.3 Å². The Morgan fingerprint density at radius 1 is 1.38 bits per heavy atom. The third-order valence-electron chi connectivity index (χ3n) is 4.75. The Morgan fingerprint density at radius 3 is 3.00 bits per heavy atom. The number of nitrogens with zero attached hydrogens (tertiary/aromatic N) is 2. The maximum atomic E-state index is 5.06. The second-order valence-corrected chi connectivity index (χ2v) is 8.46. The van der Waals surface area contributed by atoms with Crippen LogP contribution < -0.4 is 10.2 Å². The lowest BCUT2D eigenvalue weighted by molar-refractivity contribution is 0.293. The van der Waals surface area contributed by atoms with E-state index >= 15 is 0 Å². The highest BCUT2D eigenvalue weighted by molar-refractivity contribution is 7.15. The van der Waals surface area contributed by atoms with Crippen LogP contribution in [0.25, 0.3) is 0 Å². The Bertz CT molecular complexity index is 480. The molecule has 1 atom stereocenters. The van der Waals surface area contributed by atoms with E-state index in [2.05, 4.69) is 31.0 Å². The minimum absolute atomic E-state index is 0.435. The van der Waals surface area contributed by atoms with Crippen molar-refractivity contribution in [1.82, 2.24) is 10.3 Å². The summed E-state index contributed by atoms with van der Waals surface area (Å²) in [5.41, 5.74) is 1.79. The Labute approximate surface area is 133 Å². The van der Waals surface area contributed by atoms with Gasteiger partial charge in [0.2, 0.25) is 0 Å². The smallest absolute Gasteiger partial charge is 0.185 e. The maximum Gasteiger partial charge on any atom is 0.185 e. The SMILES string of the molecule is CCCNC1CCCc2sc(N3CCCC(C)(C)C3)nc21. The van der Waals surface area contributed by atoms with Gasteiger partial charge in [0.25, 0.3) is 0 Å². The zero-order chi connectivity index (χ0) is 14.9. The first-order valence-corrected chi connectivity index (χ1v) is 9.38. The van der Waals surface area contributed by atoms with Gasteiger partial charge in [-0.1, -0.05) is 20.8 Å². The first kappa shape index (κ1) is 15.3. The topological polar surface area (TPSA) is 28.2 Å². The van der Waals surface area contributed by atoms with Crippen LogP contribution in [-0.2, 0) is 6.42 Å². The second kappa shape index (κ2) is 6.25. The number of hydrogen-bond acceptors (Lipinski definition) is 4. The lowest BCUT2D eigenvalue weighted by atomic mass is 9.84. The molecule has 1 N–H and O–H groups in total. The molecule has 0 spiro atoms. The molecule has 0 radical (unpaired) electrons. The van der Waals surface area contributed by atoms with Gasteiger partial charge in [-0.25, -0.2) is 4.98 Å². The van der Waals surface area contributed by atoms with Gasteiger partial charge < -0.3 is 10.2 Å². The Morgan fingerprint density at radius 2 is 2.24 bits per heavy atom. The van der Waals surface area contributed by atoms with Gasteiger partial charge in [0.1, 0.15) is 0 Å². The van der Waals surface area contributed by atoms with Gasteiger partial charge in [0.05, 0.1) is 11.7 Å². The highest BCUT2D eigenvalue weighted by Gasteiger charge is 2.30. The van der Waals surface area contributed by atoms with Gasteiger partial charge in [0, 0.05) is 18.0 Å². The van der Waals surface area contributed by atoms with Crippen molar-refractivity contribution in [3.63, 3.8) is 0 Å². The summed E-state index contributed by atoms with van der Waals surface area (Å²) in [6, 6.07) is 0.497. The van der Waals surface area contributed by atoms with Crippen LogP contribution in [0.2, 0.25) is 0 Å². The van der Waals surface area contributed by atoms with Crippen LogP contribution in [0.5, 0.6) is 0 Å². The molecule has 3 nitrogen and oxygen atoms in total. The monoisotopic (exact) mass is 307 g/mol. The molecule has 1 unspecified atom stereocenters. The van der Waals surface area contributed by atoms with Crippen LogP contribution in [0.1, 0.15) is 69.5 Å². The molecule has 1 aromatic rings. The molecule has 2 heterocycles. The van der Waals surface area contributed by atoms with E-state index in [1.165, 1.54) is 60.8 Å². The minimum atomic E-state index is 0.435. The Hall–Kier alpha value is -0.610. The fourth-order valence-electron chi connectivity index (χ4n) is 3.64. The summed E-state index contributed by atoms with van der Waals surface area (Å²) in [5.74, 6) is 0. The van der Waals surface area contributed by atoms with Crippen LogP contribution in [0.15, 0.2) is 0 Å². The molecule has 1 saturated heterocycles. The van der Waals surface area contributed by atoms with Crippen molar-refractivity contribution in [2.45, 2.75) is 65.3 Å². The molecule has 1 aliphatic carbocycles. The Kier molecular flexibility index (Phi) is 4.55. The van der Waals surface area contributed by atoms with Crippen molar-refractivity contribution in [3.05, 3.63) is 10.6 Å². The maximum absolute atomic E-state index is 5.06. The molecule has 0 saturated carbocycles. The average Bonchev–Trinajstić information content (AvgIpc) is 2.88. The van der Waals surface area contributed by atoms with E-state index in [1.54, 1.807) is 0 Å². The molecule has 21 heavy (non-hydrogen) atoms. The van der Waals surface area contributed by atoms with Crippen LogP contribution in [0.4, 0.5) is 5.13 Å². The van der Waals surface area contributed by atoms with E-state index < -0.39 is 0 Å². The largest absolute Gasteiger partial charge is 0.348 e. The van der Waals surface area contributed by atoms with E-state index in [9.17, 15) is 0 Å². The second-order valence-electron chi connectivity index (χ2n) is 7.39. The molecule has 1 fully saturated rings. The lowest BCUT2D eigenvalue weighted by Gasteiger charge is -2.37. The van der Waals surface area contributed by atoms with Crippen LogP contribution in [0, 0.1) is 5.41 Å². The predicted octanol–water partition coefficient (Wildman–Crippen LogP) is 4.15. The number of aryl methyl sites for hydroxylation is 1. The van der Waals surface area contributed by atoms with Gasteiger partial charge in [0.15, 0.2) is 5.13 Å². The molecule has 1 aromatic heterocycles. The van der Waals surface area contributed by atoms with Gasteiger partial charge in [-0.2, -0.15) is 0 Å². The van der Waals surface area contributed by atoms with Gasteiger partial charge in [-0.05, 0) is 50.5 Å². The first-order chi connectivity index (χ1) is 10.1. The van der Waals surface area contributed by atoms with Crippen molar-refractivity contribution in [3.8, 4) is 0 Å². The standard InChI is InChI=1S/C17H29N3S/c1-4-10-18-13-7-5-8-14-15(13)19-16(21-14)20-11-6-9-17(2,3)12-20/h13,18H,4-12H2,1-3H3. The quantitative estimate of drug-likeness (QED) is 0.906. The molecule has 0 aromatic carbocycles. The number of piperidine rings is 1. The third-order valence-corrected chi connectivity index (χ3v) is 5.95. The molecule has 2 aliphatic rings. The summed E-state index contributed by atoms with van der Waals surface area (Å²) in [4.78, 5) is 9.12. The normalized spacial score (nSPS) is 24.9. The molecule has 4 heteroatoms. The van der Waals surface area contributed by atoms with Crippen molar-refractivity contribution < 1.29 is 0 Å². The van der Waals surface area contributed by atoms with Crippen molar-refractivity contribution in [2.75, 3.05) is 24.5 Å². The Balaban J connectivity index is 1.77. The van der Waals surface area contributed by atoms with Crippen molar-refractivity contribution in [1.29, 1.82) is 0 Å². The fraction of sp³-hybridized carbons (Fsp3) is 0.824. The summed E-state index contributed by atoms with van der Waals surface area (Å²) in [6.45, 7) is 10.5. The summed E-state index contributed by atoms with van der Waals surface area (Å²) < 4.78 is 0. The zero-order valence-corrected chi connectivity index (χ0v) is 14.6. The van der Waals surface area contributed by atoms with E-state index in [-0.39, 0.29) is 0 Å². The van der Waals surface area contributed by atoms with Crippen LogP contribution in [-0.4, -0.2) is 24.6 Å². The molecule has 0 amide bonds. The highest BCUT2D eigenvalue weighted by Crippen LogP contribution is 2.39. The van der Waals surface area contributed by atoms with Gasteiger partial charge >= 0.3 is 0 Å². The van der Waals surface area contributed by atoms with Crippen LogP contribution in [0.3, 0.4) is 0 Å². The van der Waals surface area contributed by atoms with Crippen molar-refractivity contribution >= 4 is 16.5 Å². The van der Waals surface area contributed by atoms with E-state index in [0.29, 0.717) is 11.5 Å². The first-order valence-electron chi connectivity index (χ1n) is 8.57. The number of anilines is 1. The van der Waals surface area contributed by atoms with E-state index in [0.717, 1.165) is 13.1 Å². The molecule has 0 bridgehead atoms. The zero-order valence-electron chi connectivity index (χ0n) is 13.7. The molecule has 3 rings (SSSR count). The average molecular weight is 308 g/mol. The van der Waals surface area contributed by atoms with Gasteiger partial charge in [-0.3, -0.25) is 0 Å². The summed E-state index contributed by atoms with van der Waals surface area (Å²) in [7, 11) is 0. The summed E-state index contributed by atoms with van der Waals surface area (Å²) in [5, 5.41) is 4.96. The number of hydrogen-bond donors (Lipinski definition) is 1. The molecule has 1 aliphatic heterocycles. The number of rotatable bonds is 4. The number of thiazole rings is 1. The number of fused-ring (bicyclic) bond motifs is 1. The molecular formula is C17H29N3S. The fourth-order valence-corrected chi connectivity index (χ4v) is 4.83. The van der Waals surface area contributed by atoms with E-state index in [4.69, 9.17) is 4.98 Å².